The molecule has 8 nitrogen and oxygen atoms in total. The first-order valence-electron chi connectivity index (χ1n) is 5.92. The molecule has 0 fully saturated rings. The number of nitrogens with two attached hydrogens (primary N) is 1. The maximum Gasteiger partial charge on any atom is 0.321 e. The fourth-order valence-corrected chi connectivity index (χ4v) is 1.61. The van der Waals surface area contributed by atoms with Crippen molar-refractivity contribution in [3.05, 3.63) is 18.2 Å². The number of aliphatic carboxylic acids is 1. The lowest BCUT2D eigenvalue weighted by Gasteiger charge is -2.18. The van der Waals surface area contributed by atoms with Crippen LogP contribution < -0.4 is 11.1 Å². The van der Waals surface area contributed by atoms with Gasteiger partial charge in [-0.05, 0) is 12.8 Å². The van der Waals surface area contributed by atoms with Crippen molar-refractivity contribution < 1.29 is 19.8 Å². The first-order chi connectivity index (χ1) is 8.99. The molecule has 0 aliphatic rings. The number of aromatic nitrogens is 2. The molecule has 0 saturated carbocycles. The van der Waals surface area contributed by atoms with Crippen molar-refractivity contribution in [2.45, 2.75) is 38.0 Å². The highest BCUT2D eigenvalue weighted by Gasteiger charge is 2.21. The number of H-pyrrole nitrogens is 1. The number of amides is 1. The SMILES string of the molecule is NC(=O)CCCC(O)NC(Cc1c[nH]cn1)C(=O)O. The lowest BCUT2D eigenvalue weighted by molar-refractivity contribution is -0.140. The number of carbonyl (C=O) groups is 2. The van der Waals surface area contributed by atoms with E-state index >= 15 is 0 Å². The molecule has 1 rings (SSSR count). The van der Waals surface area contributed by atoms with E-state index in [9.17, 15) is 14.7 Å². The van der Waals surface area contributed by atoms with Gasteiger partial charge in [-0.25, -0.2) is 4.98 Å². The molecule has 0 aromatic carbocycles. The normalized spacial score (nSPS) is 13.9. The van der Waals surface area contributed by atoms with Crippen LogP contribution in [0.15, 0.2) is 12.5 Å². The van der Waals surface area contributed by atoms with E-state index in [-0.39, 0.29) is 19.3 Å². The first-order valence-corrected chi connectivity index (χ1v) is 5.92. The standard InChI is InChI=1S/C11H18N4O4/c12-9(16)2-1-3-10(17)15-8(11(18)19)4-7-5-13-6-14-7/h5-6,8,10,15,17H,1-4H2,(H2,12,16)(H,13,14)(H,18,19). The molecule has 1 aromatic rings. The third kappa shape index (κ3) is 5.98. The Labute approximate surface area is 110 Å². The van der Waals surface area contributed by atoms with Crippen molar-refractivity contribution >= 4 is 11.9 Å². The second-order valence-corrected chi connectivity index (χ2v) is 4.20. The van der Waals surface area contributed by atoms with Gasteiger partial charge >= 0.3 is 5.97 Å². The highest BCUT2D eigenvalue weighted by Crippen LogP contribution is 2.03. The Balaban J connectivity index is 2.40. The summed E-state index contributed by atoms with van der Waals surface area (Å²) in [5, 5.41) is 21.3. The number of hydrogen-bond donors (Lipinski definition) is 5. The van der Waals surface area contributed by atoms with Gasteiger partial charge in [0.25, 0.3) is 0 Å². The van der Waals surface area contributed by atoms with Crippen molar-refractivity contribution in [3.63, 3.8) is 0 Å². The van der Waals surface area contributed by atoms with Crippen LogP contribution in [0.3, 0.4) is 0 Å². The quantitative estimate of drug-likeness (QED) is 0.363. The van der Waals surface area contributed by atoms with Crippen LogP contribution in [-0.2, 0) is 16.0 Å². The molecule has 0 aliphatic carbocycles. The number of rotatable bonds is 9. The number of nitrogens with zero attached hydrogens (tertiary/aromatic N) is 1. The molecule has 1 amide bonds. The maximum atomic E-state index is 11.1. The van der Waals surface area contributed by atoms with Gasteiger partial charge in [0, 0.05) is 19.0 Å². The summed E-state index contributed by atoms with van der Waals surface area (Å²) in [4.78, 5) is 28.3. The third-order valence-corrected chi connectivity index (χ3v) is 2.56. The van der Waals surface area contributed by atoms with Gasteiger partial charge < -0.3 is 20.9 Å². The van der Waals surface area contributed by atoms with Crippen molar-refractivity contribution in [1.82, 2.24) is 15.3 Å². The molecule has 106 valence electrons. The summed E-state index contributed by atoms with van der Waals surface area (Å²) in [6.07, 6.45) is 3.03. The smallest absolute Gasteiger partial charge is 0.321 e. The second kappa shape index (κ2) is 7.49. The summed E-state index contributed by atoms with van der Waals surface area (Å²) >= 11 is 0. The number of imidazole rings is 1. The van der Waals surface area contributed by atoms with Crippen LogP contribution in [0.25, 0.3) is 0 Å². The minimum absolute atomic E-state index is 0.158. The number of hydrogen-bond acceptors (Lipinski definition) is 5. The van der Waals surface area contributed by atoms with Gasteiger partial charge in [0.05, 0.1) is 12.0 Å². The average Bonchev–Trinajstić information content (AvgIpc) is 2.80. The molecule has 8 heteroatoms. The number of aromatic amines is 1. The monoisotopic (exact) mass is 270 g/mol. The van der Waals surface area contributed by atoms with E-state index in [1.54, 1.807) is 6.20 Å². The van der Waals surface area contributed by atoms with Crippen molar-refractivity contribution in [3.8, 4) is 0 Å². The molecule has 19 heavy (non-hydrogen) atoms. The second-order valence-electron chi connectivity index (χ2n) is 4.20. The number of carbonyl (C=O) groups excluding carboxylic acids is 1. The third-order valence-electron chi connectivity index (χ3n) is 2.56. The van der Waals surface area contributed by atoms with E-state index in [4.69, 9.17) is 10.8 Å². The van der Waals surface area contributed by atoms with E-state index < -0.39 is 24.1 Å². The molecule has 0 aliphatic heterocycles. The molecular weight excluding hydrogens is 252 g/mol. The summed E-state index contributed by atoms with van der Waals surface area (Å²) in [6.45, 7) is 0. The fraction of sp³-hybridized carbons (Fsp3) is 0.545. The molecule has 1 heterocycles. The van der Waals surface area contributed by atoms with E-state index in [0.717, 1.165) is 0 Å². The highest BCUT2D eigenvalue weighted by atomic mass is 16.4. The molecule has 1 aromatic heterocycles. The molecule has 2 unspecified atom stereocenters. The Morgan fingerprint density at radius 3 is 2.79 bits per heavy atom. The van der Waals surface area contributed by atoms with Crippen LogP contribution in [0, 0.1) is 0 Å². The number of primary amides is 1. The summed E-state index contributed by atoms with van der Waals surface area (Å²) in [6, 6.07) is -0.938. The van der Waals surface area contributed by atoms with Gasteiger partial charge in [0.1, 0.15) is 12.3 Å². The molecular formula is C11H18N4O4. The first kappa shape index (κ1) is 15.1. The van der Waals surface area contributed by atoms with E-state index in [1.807, 2.05) is 0 Å². The topological polar surface area (TPSA) is 141 Å². The van der Waals surface area contributed by atoms with Gasteiger partial charge in [-0.3, -0.25) is 14.9 Å². The van der Waals surface area contributed by atoms with Gasteiger partial charge in [-0.15, -0.1) is 0 Å². The molecule has 0 bridgehead atoms. The van der Waals surface area contributed by atoms with Gasteiger partial charge in [-0.1, -0.05) is 0 Å². The van der Waals surface area contributed by atoms with Crippen LogP contribution in [0.2, 0.25) is 0 Å². The number of aliphatic hydroxyl groups is 1. The summed E-state index contributed by atoms with van der Waals surface area (Å²) in [7, 11) is 0. The van der Waals surface area contributed by atoms with E-state index in [0.29, 0.717) is 12.1 Å². The molecule has 0 spiro atoms. The molecule has 0 radical (unpaired) electrons. The predicted octanol–water partition coefficient (Wildman–Crippen LogP) is -1.03. The Bertz CT molecular complexity index is 407. The van der Waals surface area contributed by atoms with Crippen LogP contribution in [-0.4, -0.2) is 44.3 Å². The number of carboxylic acids is 1. The van der Waals surface area contributed by atoms with Gasteiger partial charge in [-0.2, -0.15) is 0 Å². The number of nitrogens with one attached hydrogen (secondary N) is 2. The van der Waals surface area contributed by atoms with Crippen LogP contribution >= 0.6 is 0 Å². The van der Waals surface area contributed by atoms with Crippen LogP contribution in [0.5, 0.6) is 0 Å². The fourth-order valence-electron chi connectivity index (χ4n) is 1.61. The van der Waals surface area contributed by atoms with Crippen molar-refractivity contribution in [2.24, 2.45) is 5.73 Å². The van der Waals surface area contributed by atoms with Crippen molar-refractivity contribution in [1.29, 1.82) is 0 Å². The number of carboxylic acid groups (broad SMARTS) is 1. The minimum atomic E-state index is -1.07. The summed E-state index contributed by atoms with van der Waals surface area (Å²) in [5.74, 6) is -1.52. The molecule has 2 atom stereocenters. The Morgan fingerprint density at radius 2 is 2.26 bits per heavy atom. The largest absolute Gasteiger partial charge is 0.480 e. The lowest BCUT2D eigenvalue weighted by atomic mass is 10.1. The minimum Gasteiger partial charge on any atom is -0.480 e. The highest BCUT2D eigenvalue weighted by molar-refractivity contribution is 5.74. The molecule has 6 N–H and O–H groups in total. The van der Waals surface area contributed by atoms with Crippen LogP contribution in [0.1, 0.15) is 25.0 Å². The van der Waals surface area contributed by atoms with Crippen molar-refractivity contribution in [2.75, 3.05) is 0 Å². The lowest BCUT2D eigenvalue weighted by Crippen LogP contribution is -2.44. The predicted molar refractivity (Wildman–Crippen MR) is 65.9 cm³/mol. The molecule has 0 saturated heterocycles. The Kier molecular flexibility index (Phi) is 5.97. The van der Waals surface area contributed by atoms with Gasteiger partial charge in [0.2, 0.25) is 5.91 Å². The number of aliphatic hydroxyl groups excluding tert-OH is 1. The summed E-state index contributed by atoms with van der Waals surface area (Å²) < 4.78 is 0. The van der Waals surface area contributed by atoms with E-state index in [1.165, 1.54) is 6.33 Å². The maximum absolute atomic E-state index is 11.1. The average molecular weight is 270 g/mol. The van der Waals surface area contributed by atoms with Crippen LogP contribution in [0.4, 0.5) is 0 Å². The zero-order valence-electron chi connectivity index (χ0n) is 10.4. The summed E-state index contributed by atoms with van der Waals surface area (Å²) in [5.41, 5.74) is 5.56. The Morgan fingerprint density at radius 1 is 1.53 bits per heavy atom. The Hall–Kier alpha value is -1.93. The zero-order valence-corrected chi connectivity index (χ0v) is 10.4. The van der Waals surface area contributed by atoms with Gasteiger partial charge in [0.15, 0.2) is 0 Å². The zero-order chi connectivity index (χ0) is 14.3. The van der Waals surface area contributed by atoms with E-state index in [2.05, 4.69) is 15.3 Å².